The fourth-order valence-electron chi connectivity index (χ4n) is 2.01. The topological polar surface area (TPSA) is 73.1 Å². The van der Waals surface area contributed by atoms with Gasteiger partial charge in [0.05, 0.1) is 22.3 Å². The van der Waals surface area contributed by atoms with Crippen LogP contribution < -0.4 is 10.6 Å². The van der Waals surface area contributed by atoms with Crippen LogP contribution in [0.5, 0.6) is 0 Å². The van der Waals surface area contributed by atoms with Crippen LogP contribution in [0.15, 0.2) is 28.6 Å². The minimum absolute atomic E-state index is 0.261. The van der Waals surface area contributed by atoms with Gasteiger partial charge in [0.2, 0.25) is 0 Å². The Morgan fingerprint density at radius 3 is 2.91 bits per heavy atom. The summed E-state index contributed by atoms with van der Waals surface area (Å²) < 4.78 is 13.7. The molecule has 0 fully saturated rings. The van der Waals surface area contributed by atoms with Crippen molar-refractivity contribution in [2.24, 2.45) is 4.99 Å². The number of rotatable bonds is 5. The summed E-state index contributed by atoms with van der Waals surface area (Å²) in [5, 5.41) is 18.2. The van der Waals surface area contributed by atoms with E-state index in [-0.39, 0.29) is 12.4 Å². The van der Waals surface area contributed by atoms with Gasteiger partial charge < -0.3 is 10.6 Å². The summed E-state index contributed by atoms with van der Waals surface area (Å²) in [4.78, 5) is 8.50. The lowest BCUT2D eigenvalue weighted by Crippen LogP contribution is -2.38. The zero-order chi connectivity index (χ0) is 16.7. The second kappa shape index (κ2) is 8.25. The summed E-state index contributed by atoms with van der Waals surface area (Å²) in [6.45, 7) is 2.92. The number of halogens is 1. The van der Waals surface area contributed by atoms with E-state index >= 15 is 0 Å². The molecule has 2 N–H and O–H groups in total. The first-order chi connectivity index (χ1) is 11.1. The molecule has 120 valence electrons. The lowest BCUT2D eigenvalue weighted by atomic mass is 10.1. The highest BCUT2D eigenvalue weighted by atomic mass is 32.1. The predicted molar refractivity (Wildman–Crippen MR) is 89.9 cm³/mol. The molecule has 0 aliphatic carbocycles. The first-order valence-electron chi connectivity index (χ1n) is 7.16. The molecular weight excluding hydrogens is 313 g/mol. The van der Waals surface area contributed by atoms with Crippen LogP contribution in [-0.2, 0) is 13.0 Å². The van der Waals surface area contributed by atoms with Gasteiger partial charge in [-0.1, -0.05) is 0 Å². The van der Waals surface area contributed by atoms with Crippen LogP contribution in [0.25, 0.3) is 0 Å². The third kappa shape index (κ3) is 5.04. The van der Waals surface area contributed by atoms with Crippen LogP contribution in [0.4, 0.5) is 4.39 Å². The van der Waals surface area contributed by atoms with Crippen molar-refractivity contribution in [3.05, 3.63) is 51.2 Å². The molecule has 0 radical (unpaired) electrons. The van der Waals surface area contributed by atoms with Crippen molar-refractivity contribution in [1.82, 2.24) is 15.6 Å². The zero-order valence-corrected chi connectivity index (χ0v) is 13.9. The van der Waals surface area contributed by atoms with Gasteiger partial charge in [-0.3, -0.25) is 4.99 Å². The molecule has 0 atom stereocenters. The van der Waals surface area contributed by atoms with E-state index in [4.69, 9.17) is 5.26 Å². The van der Waals surface area contributed by atoms with Gasteiger partial charge in [-0.2, -0.15) is 5.26 Å². The molecule has 23 heavy (non-hydrogen) atoms. The minimum Gasteiger partial charge on any atom is -0.356 e. The summed E-state index contributed by atoms with van der Waals surface area (Å²) in [6, 6.07) is 6.30. The molecule has 0 amide bonds. The number of aliphatic imine (C=N–C) groups is 1. The Morgan fingerprint density at radius 1 is 1.43 bits per heavy atom. The van der Waals surface area contributed by atoms with E-state index in [9.17, 15) is 4.39 Å². The molecule has 2 rings (SSSR count). The van der Waals surface area contributed by atoms with E-state index < -0.39 is 0 Å². The molecule has 0 spiro atoms. The van der Waals surface area contributed by atoms with Crippen molar-refractivity contribution in [3.8, 4) is 6.07 Å². The third-order valence-corrected chi connectivity index (χ3v) is 4.01. The lowest BCUT2D eigenvalue weighted by Gasteiger charge is -2.12. The SMILES string of the molecule is CN=C(NCCc1csc(C)n1)NCc1cc(C#N)ccc1F. The molecule has 0 bridgehead atoms. The average molecular weight is 331 g/mol. The number of nitrogens with zero attached hydrogens (tertiary/aromatic N) is 3. The molecule has 0 unspecified atom stereocenters. The van der Waals surface area contributed by atoms with Crippen LogP contribution in [0.2, 0.25) is 0 Å². The molecule has 1 aromatic carbocycles. The molecule has 5 nitrogen and oxygen atoms in total. The van der Waals surface area contributed by atoms with Gasteiger partial charge in [-0.25, -0.2) is 9.37 Å². The fraction of sp³-hybridized carbons (Fsp3) is 0.312. The van der Waals surface area contributed by atoms with Gasteiger partial charge >= 0.3 is 0 Å². The third-order valence-electron chi connectivity index (χ3n) is 3.18. The first kappa shape index (κ1) is 16.9. The number of guanidine groups is 1. The first-order valence-corrected chi connectivity index (χ1v) is 8.04. The van der Waals surface area contributed by atoms with Crippen molar-refractivity contribution >= 4 is 17.3 Å². The number of benzene rings is 1. The highest BCUT2D eigenvalue weighted by Gasteiger charge is 2.05. The second-order valence-electron chi connectivity index (χ2n) is 4.88. The normalized spacial score (nSPS) is 11.1. The van der Waals surface area contributed by atoms with E-state index in [2.05, 4.69) is 20.6 Å². The Kier molecular flexibility index (Phi) is 6.06. The molecule has 2 aromatic rings. The fourth-order valence-corrected chi connectivity index (χ4v) is 2.66. The Labute approximate surface area is 138 Å². The van der Waals surface area contributed by atoms with Crippen molar-refractivity contribution < 1.29 is 4.39 Å². The molecule has 0 saturated carbocycles. The van der Waals surface area contributed by atoms with E-state index in [0.717, 1.165) is 17.1 Å². The molecular formula is C16H18FN5S. The minimum atomic E-state index is -0.343. The van der Waals surface area contributed by atoms with Gasteiger partial charge in [0.1, 0.15) is 5.82 Å². The number of nitriles is 1. The summed E-state index contributed by atoms with van der Waals surface area (Å²) in [6.07, 6.45) is 0.795. The van der Waals surface area contributed by atoms with Gasteiger partial charge in [0.25, 0.3) is 0 Å². The van der Waals surface area contributed by atoms with Crippen molar-refractivity contribution in [1.29, 1.82) is 5.26 Å². The number of nitrogens with one attached hydrogen (secondary N) is 2. The molecule has 7 heteroatoms. The van der Waals surface area contributed by atoms with E-state index in [1.54, 1.807) is 18.4 Å². The van der Waals surface area contributed by atoms with Gasteiger partial charge in [0, 0.05) is 37.5 Å². The number of hydrogen-bond acceptors (Lipinski definition) is 4. The van der Waals surface area contributed by atoms with Crippen LogP contribution in [0.1, 0.15) is 21.8 Å². The molecule has 0 aliphatic heterocycles. The number of hydrogen-bond donors (Lipinski definition) is 2. The Bertz CT molecular complexity index is 732. The second-order valence-corrected chi connectivity index (χ2v) is 5.94. The van der Waals surface area contributed by atoms with Crippen molar-refractivity contribution in [2.75, 3.05) is 13.6 Å². The van der Waals surface area contributed by atoms with Gasteiger partial charge in [-0.15, -0.1) is 11.3 Å². The summed E-state index contributed by atoms with van der Waals surface area (Å²) in [5.74, 6) is 0.239. The van der Waals surface area contributed by atoms with Gasteiger partial charge in [-0.05, 0) is 25.1 Å². The smallest absolute Gasteiger partial charge is 0.191 e. The summed E-state index contributed by atoms with van der Waals surface area (Å²) in [5.41, 5.74) is 1.91. The number of thiazole rings is 1. The summed E-state index contributed by atoms with van der Waals surface area (Å²) >= 11 is 1.63. The largest absolute Gasteiger partial charge is 0.356 e. The molecule has 1 aromatic heterocycles. The Balaban J connectivity index is 1.84. The maximum absolute atomic E-state index is 13.7. The maximum Gasteiger partial charge on any atom is 0.191 e. The quantitative estimate of drug-likeness (QED) is 0.652. The standard InChI is InChI=1S/C16H18FN5S/c1-11-22-14(10-23-11)5-6-20-16(19-2)21-9-13-7-12(8-18)3-4-15(13)17/h3-4,7,10H,5-6,9H2,1-2H3,(H2,19,20,21). The Hall–Kier alpha value is -2.46. The van der Waals surface area contributed by atoms with Gasteiger partial charge in [0.15, 0.2) is 5.96 Å². The summed E-state index contributed by atoms with van der Waals surface area (Å²) in [7, 11) is 1.66. The molecule has 0 saturated heterocycles. The van der Waals surface area contributed by atoms with Crippen LogP contribution in [-0.4, -0.2) is 24.5 Å². The van der Waals surface area contributed by atoms with E-state index in [1.165, 1.54) is 18.2 Å². The van der Waals surface area contributed by atoms with Crippen LogP contribution in [0.3, 0.4) is 0 Å². The Morgan fingerprint density at radius 2 is 2.26 bits per heavy atom. The predicted octanol–water partition coefficient (Wildman–Crippen LogP) is 2.37. The zero-order valence-electron chi connectivity index (χ0n) is 13.1. The van der Waals surface area contributed by atoms with E-state index in [0.29, 0.717) is 23.6 Å². The highest BCUT2D eigenvalue weighted by Crippen LogP contribution is 2.10. The van der Waals surface area contributed by atoms with Crippen LogP contribution >= 0.6 is 11.3 Å². The molecule has 1 heterocycles. The maximum atomic E-state index is 13.7. The lowest BCUT2D eigenvalue weighted by molar-refractivity contribution is 0.604. The monoisotopic (exact) mass is 331 g/mol. The number of aryl methyl sites for hydroxylation is 1. The highest BCUT2D eigenvalue weighted by molar-refractivity contribution is 7.09. The van der Waals surface area contributed by atoms with Crippen molar-refractivity contribution in [3.63, 3.8) is 0 Å². The van der Waals surface area contributed by atoms with E-state index in [1.807, 2.05) is 18.4 Å². The molecule has 0 aliphatic rings. The average Bonchev–Trinajstić information content (AvgIpc) is 2.97. The number of aromatic nitrogens is 1. The van der Waals surface area contributed by atoms with Crippen LogP contribution in [0, 0.1) is 24.1 Å². The van der Waals surface area contributed by atoms with Crippen molar-refractivity contribution in [2.45, 2.75) is 19.9 Å².